The van der Waals surface area contributed by atoms with Gasteiger partial charge in [0.05, 0.1) is 17.9 Å². The Morgan fingerprint density at radius 1 is 1.56 bits per heavy atom. The molecule has 5 nitrogen and oxygen atoms in total. The SMILES string of the molecule is CC(C)n1ncc(NC2CCCC2N)c(Cl)c1=O. The van der Waals surface area contributed by atoms with Crippen LogP contribution >= 0.6 is 11.6 Å². The highest BCUT2D eigenvalue weighted by molar-refractivity contribution is 6.32. The summed E-state index contributed by atoms with van der Waals surface area (Å²) in [4.78, 5) is 12.0. The topological polar surface area (TPSA) is 72.9 Å². The van der Waals surface area contributed by atoms with Gasteiger partial charge >= 0.3 is 0 Å². The number of halogens is 1. The maximum absolute atomic E-state index is 12.0. The predicted octanol–water partition coefficient (Wildman–Crippen LogP) is 1.77. The maximum atomic E-state index is 12.0. The van der Waals surface area contributed by atoms with Crippen LogP contribution in [0.2, 0.25) is 5.02 Å². The van der Waals surface area contributed by atoms with E-state index in [4.69, 9.17) is 17.3 Å². The van der Waals surface area contributed by atoms with E-state index in [0.29, 0.717) is 5.69 Å². The lowest BCUT2D eigenvalue weighted by Crippen LogP contribution is -2.36. The normalized spacial score (nSPS) is 23.6. The second-order valence-electron chi connectivity index (χ2n) is 5.06. The van der Waals surface area contributed by atoms with Gasteiger partial charge in [0, 0.05) is 12.1 Å². The average Bonchev–Trinajstić information content (AvgIpc) is 2.70. The second-order valence-corrected chi connectivity index (χ2v) is 5.44. The van der Waals surface area contributed by atoms with Crippen molar-refractivity contribution in [3.8, 4) is 0 Å². The zero-order valence-corrected chi connectivity index (χ0v) is 11.4. The molecule has 2 unspecified atom stereocenters. The quantitative estimate of drug-likeness (QED) is 0.878. The molecule has 1 aliphatic carbocycles. The first-order valence-electron chi connectivity index (χ1n) is 6.30. The third-order valence-electron chi connectivity index (χ3n) is 3.34. The molecule has 0 aromatic carbocycles. The average molecular weight is 271 g/mol. The number of nitrogens with one attached hydrogen (secondary N) is 1. The summed E-state index contributed by atoms with van der Waals surface area (Å²) in [5.74, 6) is 0. The zero-order chi connectivity index (χ0) is 13.3. The minimum absolute atomic E-state index is 0.00205. The van der Waals surface area contributed by atoms with Crippen molar-refractivity contribution in [3.05, 3.63) is 21.6 Å². The smallest absolute Gasteiger partial charge is 0.287 e. The molecule has 2 atom stereocenters. The molecule has 1 aromatic heterocycles. The Hall–Kier alpha value is -1.07. The standard InChI is InChI=1S/C12H19ClN4O/c1-7(2)17-12(18)11(13)10(6-15-17)16-9-5-3-4-8(9)14/h6-9,16H,3-5,14H2,1-2H3. The van der Waals surface area contributed by atoms with Crippen LogP contribution in [-0.2, 0) is 0 Å². The van der Waals surface area contributed by atoms with Crippen molar-refractivity contribution in [1.82, 2.24) is 9.78 Å². The zero-order valence-electron chi connectivity index (χ0n) is 10.7. The fraction of sp³-hybridized carbons (Fsp3) is 0.667. The first-order chi connectivity index (χ1) is 8.50. The molecular formula is C12H19ClN4O. The van der Waals surface area contributed by atoms with E-state index in [2.05, 4.69) is 10.4 Å². The fourth-order valence-electron chi connectivity index (χ4n) is 2.28. The Morgan fingerprint density at radius 2 is 2.28 bits per heavy atom. The maximum Gasteiger partial charge on any atom is 0.287 e. The van der Waals surface area contributed by atoms with Gasteiger partial charge in [-0.05, 0) is 33.1 Å². The lowest BCUT2D eigenvalue weighted by Gasteiger charge is -2.19. The summed E-state index contributed by atoms with van der Waals surface area (Å²) in [6, 6.07) is 0.296. The molecule has 1 fully saturated rings. The molecule has 0 radical (unpaired) electrons. The fourth-order valence-corrected chi connectivity index (χ4v) is 2.47. The minimum Gasteiger partial charge on any atom is -0.378 e. The van der Waals surface area contributed by atoms with Crippen LogP contribution in [0.1, 0.15) is 39.2 Å². The van der Waals surface area contributed by atoms with Crippen LogP contribution in [0.3, 0.4) is 0 Å². The van der Waals surface area contributed by atoms with Gasteiger partial charge in [-0.15, -0.1) is 0 Å². The number of hydrogen-bond acceptors (Lipinski definition) is 4. The lowest BCUT2D eigenvalue weighted by molar-refractivity contribution is 0.502. The highest BCUT2D eigenvalue weighted by Crippen LogP contribution is 2.24. The summed E-state index contributed by atoms with van der Waals surface area (Å²) in [5.41, 5.74) is 6.31. The summed E-state index contributed by atoms with van der Waals surface area (Å²) in [6.45, 7) is 3.79. The van der Waals surface area contributed by atoms with E-state index < -0.39 is 0 Å². The molecule has 0 amide bonds. The Labute approximate surface area is 111 Å². The van der Waals surface area contributed by atoms with Crippen molar-refractivity contribution in [2.45, 2.75) is 51.2 Å². The molecule has 1 saturated carbocycles. The predicted molar refractivity (Wildman–Crippen MR) is 73.1 cm³/mol. The molecule has 0 saturated heterocycles. The van der Waals surface area contributed by atoms with Gasteiger partial charge in [0.25, 0.3) is 5.56 Å². The van der Waals surface area contributed by atoms with Gasteiger partial charge in [0.1, 0.15) is 5.02 Å². The van der Waals surface area contributed by atoms with Crippen LogP contribution in [0.25, 0.3) is 0 Å². The Morgan fingerprint density at radius 3 is 2.83 bits per heavy atom. The van der Waals surface area contributed by atoms with Gasteiger partial charge in [0.15, 0.2) is 0 Å². The van der Waals surface area contributed by atoms with Crippen molar-refractivity contribution in [2.75, 3.05) is 5.32 Å². The number of anilines is 1. The summed E-state index contributed by atoms with van der Waals surface area (Å²) in [7, 11) is 0. The van der Waals surface area contributed by atoms with Crippen LogP contribution in [0.15, 0.2) is 11.0 Å². The van der Waals surface area contributed by atoms with E-state index in [0.717, 1.165) is 19.3 Å². The van der Waals surface area contributed by atoms with Crippen LogP contribution < -0.4 is 16.6 Å². The third kappa shape index (κ3) is 2.52. The van der Waals surface area contributed by atoms with Gasteiger partial charge in [-0.3, -0.25) is 4.79 Å². The van der Waals surface area contributed by atoms with Gasteiger partial charge in [-0.1, -0.05) is 11.6 Å². The van der Waals surface area contributed by atoms with E-state index in [1.54, 1.807) is 6.20 Å². The number of hydrogen-bond donors (Lipinski definition) is 2. The van der Waals surface area contributed by atoms with Crippen molar-refractivity contribution >= 4 is 17.3 Å². The molecule has 0 spiro atoms. The van der Waals surface area contributed by atoms with Crippen molar-refractivity contribution < 1.29 is 0 Å². The number of aromatic nitrogens is 2. The third-order valence-corrected chi connectivity index (χ3v) is 3.71. The first-order valence-corrected chi connectivity index (χ1v) is 6.68. The highest BCUT2D eigenvalue weighted by atomic mass is 35.5. The number of rotatable bonds is 3. The molecule has 0 bridgehead atoms. The second kappa shape index (κ2) is 5.28. The van der Waals surface area contributed by atoms with Crippen LogP contribution in [0, 0.1) is 0 Å². The van der Waals surface area contributed by atoms with E-state index >= 15 is 0 Å². The first kappa shape index (κ1) is 13.4. The van der Waals surface area contributed by atoms with Crippen molar-refractivity contribution in [2.24, 2.45) is 5.73 Å². The molecule has 1 aromatic rings. The molecule has 1 aliphatic rings. The number of nitrogens with zero attached hydrogens (tertiary/aromatic N) is 2. The summed E-state index contributed by atoms with van der Waals surface area (Å²) in [6.07, 6.45) is 4.72. The van der Waals surface area contributed by atoms with Crippen LogP contribution in [0.4, 0.5) is 5.69 Å². The molecule has 2 rings (SSSR count). The molecule has 18 heavy (non-hydrogen) atoms. The van der Waals surface area contributed by atoms with Gasteiger partial charge in [-0.2, -0.15) is 5.10 Å². The van der Waals surface area contributed by atoms with Gasteiger partial charge in [-0.25, -0.2) is 4.68 Å². The van der Waals surface area contributed by atoms with Gasteiger partial charge in [0.2, 0.25) is 0 Å². The van der Waals surface area contributed by atoms with E-state index in [1.807, 2.05) is 13.8 Å². The summed E-state index contributed by atoms with van der Waals surface area (Å²) < 4.78 is 1.38. The lowest BCUT2D eigenvalue weighted by atomic mass is 10.2. The van der Waals surface area contributed by atoms with E-state index in [9.17, 15) is 4.79 Å². The van der Waals surface area contributed by atoms with E-state index in [-0.39, 0.29) is 28.7 Å². The van der Waals surface area contributed by atoms with Crippen LogP contribution in [-0.4, -0.2) is 21.9 Å². The highest BCUT2D eigenvalue weighted by Gasteiger charge is 2.25. The van der Waals surface area contributed by atoms with Crippen molar-refractivity contribution in [3.63, 3.8) is 0 Å². The van der Waals surface area contributed by atoms with Crippen LogP contribution in [0.5, 0.6) is 0 Å². The largest absolute Gasteiger partial charge is 0.378 e. The van der Waals surface area contributed by atoms with Crippen molar-refractivity contribution in [1.29, 1.82) is 0 Å². The number of nitrogens with two attached hydrogens (primary N) is 1. The molecular weight excluding hydrogens is 252 g/mol. The Bertz CT molecular complexity index is 485. The Balaban J connectivity index is 2.24. The van der Waals surface area contributed by atoms with Gasteiger partial charge < -0.3 is 11.1 Å². The monoisotopic (exact) mass is 270 g/mol. The molecule has 6 heteroatoms. The van der Waals surface area contributed by atoms with E-state index in [1.165, 1.54) is 4.68 Å². The molecule has 3 N–H and O–H groups in total. The molecule has 1 heterocycles. The molecule has 0 aliphatic heterocycles. The summed E-state index contributed by atoms with van der Waals surface area (Å²) >= 11 is 6.09. The molecule has 100 valence electrons. The minimum atomic E-state index is -0.261. The Kier molecular flexibility index (Phi) is 3.92. The summed E-state index contributed by atoms with van der Waals surface area (Å²) in [5, 5.41) is 7.55.